The maximum Gasteiger partial charge on any atom is 0.131 e. The summed E-state index contributed by atoms with van der Waals surface area (Å²) in [5, 5.41) is 4.94. The Balaban J connectivity index is 2.28. The molecule has 0 aliphatic rings. The molecule has 1 aromatic carbocycles. The highest BCUT2D eigenvalue weighted by Gasteiger charge is 2.19. The van der Waals surface area contributed by atoms with Crippen LogP contribution in [0.5, 0.6) is 5.75 Å². The number of nitrogens with zero attached hydrogens (tertiary/aromatic N) is 2. The summed E-state index contributed by atoms with van der Waals surface area (Å²) >= 11 is 6.26. The van der Waals surface area contributed by atoms with E-state index < -0.39 is 6.04 Å². The fraction of sp³-hybridized carbons (Fsp3) is 0.400. The van der Waals surface area contributed by atoms with Crippen molar-refractivity contribution in [1.82, 2.24) is 9.78 Å². The van der Waals surface area contributed by atoms with E-state index in [1.54, 1.807) is 16.8 Å². The maximum absolute atomic E-state index is 14.1. The average molecular weight is 312 g/mol. The quantitative estimate of drug-likeness (QED) is 0.922. The Labute approximate surface area is 128 Å². The molecule has 0 radical (unpaired) electrons. The number of aromatic nitrogens is 2. The van der Waals surface area contributed by atoms with E-state index in [0.717, 1.165) is 11.4 Å². The van der Waals surface area contributed by atoms with Crippen LogP contribution in [0.4, 0.5) is 4.39 Å². The van der Waals surface area contributed by atoms with Gasteiger partial charge in [-0.15, -0.1) is 0 Å². The first-order valence-corrected chi connectivity index (χ1v) is 7.16. The average Bonchev–Trinajstić information content (AvgIpc) is 2.74. The number of methoxy groups -OCH3 is 1. The molecule has 21 heavy (non-hydrogen) atoms. The van der Waals surface area contributed by atoms with E-state index in [-0.39, 0.29) is 5.82 Å². The molecule has 0 saturated carbocycles. The van der Waals surface area contributed by atoms with Gasteiger partial charge in [0.05, 0.1) is 23.5 Å². The van der Waals surface area contributed by atoms with Crippen molar-refractivity contribution < 1.29 is 9.13 Å². The zero-order valence-corrected chi connectivity index (χ0v) is 13.1. The smallest absolute Gasteiger partial charge is 0.131 e. The molecule has 1 atom stereocenters. The van der Waals surface area contributed by atoms with Gasteiger partial charge < -0.3 is 10.5 Å². The molecule has 0 spiro atoms. The summed E-state index contributed by atoms with van der Waals surface area (Å²) in [4.78, 5) is 0. The molecule has 2 N–H and O–H groups in total. The SMILES string of the molecule is CCn1nc(C)c(Cl)c1CC(N)c1ccc(OC)cc1F. The largest absolute Gasteiger partial charge is 0.497 e. The van der Waals surface area contributed by atoms with Crippen molar-refractivity contribution in [2.75, 3.05) is 7.11 Å². The zero-order valence-electron chi connectivity index (χ0n) is 12.4. The molecule has 0 saturated heterocycles. The minimum absolute atomic E-state index is 0.378. The normalized spacial score (nSPS) is 12.5. The predicted octanol–water partition coefficient (Wildman–Crippen LogP) is 3.26. The highest BCUT2D eigenvalue weighted by molar-refractivity contribution is 6.31. The second-order valence-corrected chi connectivity index (χ2v) is 5.24. The third-order valence-electron chi connectivity index (χ3n) is 3.47. The lowest BCUT2D eigenvalue weighted by molar-refractivity contribution is 0.410. The van der Waals surface area contributed by atoms with E-state index in [9.17, 15) is 4.39 Å². The summed E-state index contributed by atoms with van der Waals surface area (Å²) < 4.78 is 20.9. The fourth-order valence-electron chi connectivity index (χ4n) is 2.32. The Bertz CT molecular complexity index is 642. The Hall–Kier alpha value is -1.59. The third-order valence-corrected chi connectivity index (χ3v) is 3.96. The Morgan fingerprint density at radius 2 is 2.19 bits per heavy atom. The molecule has 6 heteroatoms. The first-order valence-electron chi connectivity index (χ1n) is 6.78. The van der Waals surface area contributed by atoms with E-state index in [1.165, 1.54) is 13.2 Å². The van der Waals surface area contributed by atoms with Gasteiger partial charge in [0, 0.05) is 30.6 Å². The molecule has 1 heterocycles. The number of halogens is 2. The van der Waals surface area contributed by atoms with Crippen molar-refractivity contribution in [2.45, 2.75) is 32.9 Å². The van der Waals surface area contributed by atoms with Crippen LogP contribution in [0.25, 0.3) is 0 Å². The summed E-state index contributed by atoms with van der Waals surface area (Å²) in [6.45, 7) is 4.52. The number of hydrogen-bond acceptors (Lipinski definition) is 3. The highest BCUT2D eigenvalue weighted by atomic mass is 35.5. The molecule has 1 unspecified atom stereocenters. The van der Waals surface area contributed by atoms with Gasteiger partial charge in [-0.2, -0.15) is 5.10 Å². The van der Waals surface area contributed by atoms with Crippen molar-refractivity contribution in [3.05, 3.63) is 46.0 Å². The Kier molecular flexibility index (Phi) is 4.85. The summed E-state index contributed by atoms with van der Waals surface area (Å²) in [5.41, 5.74) is 8.17. The van der Waals surface area contributed by atoms with E-state index in [1.807, 2.05) is 13.8 Å². The monoisotopic (exact) mass is 311 g/mol. The van der Waals surface area contributed by atoms with Crippen LogP contribution < -0.4 is 10.5 Å². The van der Waals surface area contributed by atoms with Gasteiger partial charge in [-0.25, -0.2) is 4.39 Å². The highest BCUT2D eigenvalue weighted by Crippen LogP contribution is 2.27. The number of ether oxygens (including phenoxy) is 1. The lowest BCUT2D eigenvalue weighted by Crippen LogP contribution is -2.17. The van der Waals surface area contributed by atoms with Gasteiger partial charge in [0.1, 0.15) is 11.6 Å². The molecule has 0 amide bonds. The zero-order chi connectivity index (χ0) is 15.6. The minimum atomic E-state index is -0.491. The molecule has 4 nitrogen and oxygen atoms in total. The summed E-state index contributed by atoms with van der Waals surface area (Å²) in [6.07, 6.45) is 0.427. The number of rotatable bonds is 5. The van der Waals surface area contributed by atoms with Crippen LogP contribution in [-0.2, 0) is 13.0 Å². The second kappa shape index (κ2) is 6.45. The van der Waals surface area contributed by atoms with Crippen molar-refractivity contribution in [3.63, 3.8) is 0 Å². The van der Waals surface area contributed by atoms with Crippen LogP contribution in [0.1, 0.15) is 29.9 Å². The third kappa shape index (κ3) is 3.19. The number of benzene rings is 1. The Morgan fingerprint density at radius 3 is 2.76 bits per heavy atom. The van der Waals surface area contributed by atoms with Crippen molar-refractivity contribution in [3.8, 4) is 5.75 Å². The van der Waals surface area contributed by atoms with Gasteiger partial charge in [0.25, 0.3) is 0 Å². The number of hydrogen-bond donors (Lipinski definition) is 1. The topological polar surface area (TPSA) is 53.1 Å². The predicted molar refractivity (Wildman–Crippen MR) is 81.2 cm³/mol. The first kappa shape index (κ1) is 15.8. The van der Waals surface area contributed by atoms with Crippen LogP contribution in [0.2, 0.25) is 5.02 Å². The van der Waals surface area contributed by atoms with Crippen LogP contribution >= 0.6 is 11.6 Å². The molecular formula is C15H19ClFN3O. The first-order chi connectivity index (χ1) is 9.97. The molecule has 0 fully saturated rings. The minimum Gasteiger partial charge on any atom is -0.497 e. The molecule has 1 aromatic heterocycles. The number of nitrogens with two attached hydrogens (primary N) is 1. The second-order valence-electron chi connectivity index (χ2n) is 4.86. The van der Waals surface area contributed by atoms with Gasteiger partial charge in [0.2, 0.25) is 0 Å². The van der Waals surface area contributed by atoms with Crippen LogP contribution in [0.3, 0.4) is 0 Å². The van der Waals surface area contributed by atoms with Gasteiger partial charge in [-0.1, -0.05) is 17.7 Å². The van der Waals surface area contributed by atoms with Crippen molar-refractivity contribution in [2.24, 2.45) is 5.73 Å². The lowest BCUT2D eigenvalue weighted by atomic mass is 10.0. The van der Waals surface area contributed by atoms with Gasteiger partial charge in [-0.3, -0.25) is 4.68 Å². The van der Waals surface area contributed by atoms with Crippen LogP contribution in [-0.4, -0.2) is 16.9 Å². The van der Waals surface area contributed by atoms with Gasteiger partial charge >= 0.3 is 0 Å². The van der Waals surface area contributed by atoms with E-state index in [4.69, 9.17) is 22.1 Å². The summed E-state index contributed by atoms with van der Waals surface area (Å²) in [7, 11) is 1.50. The molecule has 2 aromatic rings. The van der Waals surface area contributed by atoms with E-state index in [0.29, 0.717) is 29.3 Å². The van der Waals surface area contributed by atoms with Gasteiger partial charge in [-0.05, 0) is 19.9 Å². The fourth-order valence-corrected chi connectivity index (χ4v) is 2.53. The molecule has 114 valence electrons. The lowest BCUT2D eigenvalue weighted by Gasteiger charge is -2.15. The van der Waals surface area contributed by atoms with Crippen molar-refractivity contribution >= 4 is 11.6 Å². The summed E-state index contributed by atoms with van der Waals surface area (Å²) in [5.74, 6) is 0.0909. The molecule has 0 aliphatic carbocycles. The Morgan fingerprint density at radius 1 is 1.48 bits per heavy atom. The van der Waals surface area contributed by atoms with Crippen LogP contribution in [0, 0.1) is 12.7 Å². The summed E-state index contributed by atoms with van der Waals surface area (Å²) in [6, 6.07) is 4.18. The van der Waals surface area contributed by atoms with Gasteiger partial charge in [0.15, 0.2) is 0 Å². The molecule has 0 bridgehead atoms. The molecule has 2 rings (SSSR count). The van der Waals surface area contributed by atoms with Crippen LogP contribution in [0.15, 0.2) is 18.2 Å². The maximum atomic E-state index is 14.1. The number of aryl methyl sites for hydroxylation is 2. The van der Waals surface area contributed by atoms with E-state index in [2.05, 4.69) is 5.10 Å². The standard InChI is InChI=1S/C15H19ClFN3O/c1-4-20-14(15(16)9(2)19-20)8-13(18)11-6-5-10(21-3)7-12(11)17/h5-7,13H,4,8,18H2,1-3H3. The molecular weight excluding hydrogens is 293 g/mol. The van der Waals surface area contributed by atoms with E-state index >= 15 is 0 Å². The molecule has 0 aliphatic heterocycles. The van der Waals surface area contributed by atoms with Crippen molar-refractivity contribution in [1.29, 1.82) is 0 Å².